The standard InChI is InChI=1S/C16H23FN4O4S.ClH/c1-10(2)15(18)16(23)19-9-14(22)20-11-4-5-12(17)13(8-11)21-6-3-7-26(21,24)25;/h4-5,8,10,15H,3,6-7,9,18H2,1-2H3,(H,19,23)(H,20,22);1H/t15-;/m0./s1. The minimum absolute atomic E-state index is 0. The highest BCUT2D eigenvalue weighted by Gasteiger charge is 2.30. The Kier molecular flexibility index (Phi) is 8.00. The molecule has 0 spiro atoms. The summed E-state index contributed by atoms with van der Waals surface area (Å²) in [4.78, 5) is 23.7. The number of nitrogens with one attached hydrogen (secondary N) is 2. The summed E-state index contributed by atoms with van der Waals surface area (Å²) < 4.78 is 38.9. The second-order valence-electron chi connectivity index (χ2n) is 6.44. The van der Waals surface area contributed by atoms with Gasteiger partial charge in [-0.25, -0.2) is 12.8 Å². The van der Waals surface area contributed by atoms with E-state index in [0.717, 1.165) is 10.4 Å². The van der Waals surface area contributed by atoms with Crippen LogP contribution < -0.4 is 20.7 Å². The molecule has 2 amide bonds. The fraction of sp³-hybridized carbons (Fsp3) is 0.500. The molecule has 0 saturated carbocycles. The molecule has 0 aromatic heterocycles. The molecule has 0 unspecified atom stereocenters. The molecule has 1 aliphatic rings. The van der Waals surface area contributed by atoms with Crippen LogP contribution in [0.4, 0.5) is 15.8 Å². The average Bonchev–Trinajstić information content (AvgIpc) is 2.92. The van der Waals surface area contributed by atoms with Crippen molar-refractivity contribution < 1.29 is 22.4 Å². The Labute approximate surface area is 164 Å². The first-order valence-electron chi connectivity index (χ1n) is 8.25. The van der Waals surface area contributed by atoms with Crippen LogP contribution in [0.1, 0.15) is 20.3 Å². The second-order valence-corrected chi connectivity index (χ2v) is 8.46. The smallest absolute Gasteiger partial charge is 0.243 e. The summed E-state index contributed by atoms with van der Waals surface area (Å²) >= 11 is 0. The molecule has 8 nitrogen and oxygen atoms in total. The van der Waals surface area contributed by atoms with Crippen molar-refractivity contribution in [3.05, 3.63) is 24.0 Å². The van der Waals surface area contributed by atoms with Crippen LogP contribution in [0.15, 0.2) is 18.2 Å². The molecule has 1 atom stereocenters. The first kappa shape index (κ1) is 23.1. The maximum absolute atomic E-state index is 14.0. The number of anilines is 2. The molecule has 11 heteroatoms. The average molecular weight is 423 g/mol. The number of hydrogen-bond acceptors (Lipinski definition) is 5. The van der Waals surface area contributed by atoms with Gasteiger partial charge in [0.2, 0.25) is 21.8 Å². The van der Waals surface area contributed by atoms with Crippen LogP contribution >= 0.6 is 12.4 Å². The topological polar surface area (TPSA) is 122 Å². The van der Waals surface area contributed by atoms with E-state index in [1.54, 1.807) is 13.8 Å². The summed E-state index contributed by atoms with van der Waals surface area (Å²) in [6, 6.07) is 2.95. The van der Waals surface area contributed by atoms with E-state index >= 15 is 0 Å². The van der Waals surface area contributed by atoms with Gasteiger partial charge in [0.05, 0.1) is 24.0 Å². The van der Waals surface area contributed by atoms with Crippen LogP contribution in [0.2, 0.25) is 0 Å². The number of nitrogens with zero attached hydrogens (tertiary/aromatic N) is 1. The Bertz CT molecular complexity index is 804. The molecule has 2 rings (SSSR count). The summed E-state index contributed by atoms with van der Waals surface area (Å²) in [5.41, 5.74) is 5.81. The zero-order valence-electron chi connectivity index (χ0n) is 15.1. The molecule has 0 bridgehead atoms. The molecule has 1 aliphatic heterocycles. The van der Waals surface area contributed by atoms with Crippen molar-refractivity contribution in [3.63, 3.8) is 0 Å². The van der Waals surface area contributed by atoms with Crippen LogP contribution in [0.3, 0.4) is 0 Å². The van der Waals surface area contributed by atoms with E-state index in [1.165, 1.54) is 12.1 Å². The van der Waals surface area contributed by atoms with E-state index in [-0.39, 0.29) is 48.5 Å². The second kappa shape index (κ2) is 9.34. The van der Waals surface area contributed by atoms with Crippen molar-refractivity contribution in [1.29, 1.82) is 0 Å². The summed E-state index contributed by atoms with van der Waals surface area (Å²) in [6.07, 6.45) is 0.417. The van der Waals surface area contributed by atoms with E-state index < -0.39 is 33.7 Å². The van der Waals surface area contributed by atoms with Gasteiger partial charge in [-0.1, -0.05) is 13.8 Å². The third-order valence-corrected chi connectivity index (χ3v) is 5.90. The normalized spacial score (nSPS) is 16.6. The first-order valence-corrected chi connectivity index (χ1v) is 9.86. The molecule has 1 saturated heterocycles. The summed E-state index contributed by atoms with van der Waals surface area (Å²) in [5.74, 6) is -1.77. The lowest BCUT2D eigenvalue weighted by atomic mass is 10.1. The van der Waals surface area contributed by atoms with Crippen LogP contribution in [0.5, 0.6) is 0 Å². The molecule has 1 aromatic carbocycles. The maximum Gasteiger partial charge on any atom is 0.243 e. The minimum Gasteiger partial charge on any atom is -0.346 e. The van der Waals surface area contributed by atoms with Crippen LogP contribution in [-0.2, 0) is 19.6 Å². The molecule has 4 N–H and O–H groups in total. The zero-order valence-corrected chi connectivity index (χ0v) is 16.7. The van der Waals surface area contributed by atoms with E-state index in [1.807, 2.05) is 0 Å². The van der Waals surface area contributed by atoms with Gasteiger partial charge >= 0.3 is 0 Å². The van der Waals surface area contributed by atoms with Crippen LogP contribution in [0, 0.1) is 11.7 Å². The number of carbonyl (C=O) groups is 2. The molecule has 1 heterocycles. The SMILES string of the molecule is CC(C)[C@H](N)C(=O)NCC(=O)Nc1ccc(F)c(N2CCCS2(=O)=O)c1.Cl. The van der Waals surface area contributed by atoms with Gasteiger partial charge in [0.15, 0.2) is 0 Å². The van der Waals surface area contributed by atoms with Gasteiger partial charge in [-0.05, 0) is 30.5 Å². The van der Waals surface area contributed by atoms with Crippen molar-refractivity contribution in [3.8, 4) is 0 Å². The third kappa shape index (κ3) is 5.78. The number of benzene rings is 1. The summed E-state index contributed by atoms with van der Waals surface area (Å²) in [5, 5.41) is 4.92. The van der Waals surface area contributed by atoms with Crippen molar-refractivity contribution in [2.75, 3.05) is 28.5 Å². The van der Waals surface area contributed by atoms with Crippen molar-refractivity contribution in [2.45, 2.75) is 26.3 Å². The van der Waals surface area contributed by atoms with Gasteiger partial charge in [-0.3, -0.25) is 13.9 Å². The molecule has 1 fully saturated rings. The predicted molar refractivity (Wildman–Crippen MR) is 104 cm³/mol. The number of carbonyl (C=O) groups excluding carboxylic acids is 2. The highest BCUT2D eigenvalue weighted by atomic mass is 35.5. The molecular formula is C16H24ClFN4O4S. The van der Waals surface area contributed by atoms with Crippen LogP contribution in [-0.4, -0.2) is 45.1 Å². The fourth-order valence-corrected chi connectivity index (χ4v) is 4.05. The molecule has 0 radical (unpaired) electrons. The molecule has 152 valence electrons. The Hall–Kier alpha value is -1.91. The van der Waals surface area contributed by atoms with E-state index in [0.29, 0.717) is 6.42 Å². The van der Waals surface area contributed by atoms with Crippen molar-refractivity contribution >= 4 is 45.6 Å². The fourth-order valence-electron chi connectivity index (χ4n) is 2.48. The summed E-state index contributed by atoms with van der Waals surface area (Å²) in [6.45, 7) is 3.47. The number of hydrogen-bond donors (Lipinski definition) is 3. The lowest BCUT2D eigenvalue weighted by Crippen LogP contribution is -2.46. The minimum atomic E-state index is -3.54. The Morgan fingerprint density at radius 3 is 2.56 bits per heavy atom. The highest BCUT2D eigenvalue weighted by Crippen LogP contribution is 2.29. The largest absolute Gasteiger partial charge is 0.346 e. The van der Waals surface area contributed by atoms with Gasteiger partial charge < -0.3 is 16.4 Å². The Balaban J connectivity index is 0.00000364. The third-order valence-electron chi connectivity index (χ3n) is 4.04. The van der Waals surface area contributed by atoms with Gasteiger partial charge in [0, 0.05) is 12.2 Å². The zero-order chi connectivity index (χ0) is 19.5. The Morgan fingerprint density at radius 1 is 1.33 bits per heavy atom. The lowest BCUT2D eigenvalue weighted by molar-refractivity contribution is -0.125. The molecule has 0 aliphatic carbocycles. The Morgan fingerprint density at radius 2 is 2.00 bits per heavy atom. The predicted octanol–water partition coefficient (Wildman–Crippen LogP) is 0.825. The lowest BCUT2D eigenvalue weighted by Gasteiger charge is -2.19. The van der Waals surface area contributed by atoms with Gasteiger partial charge in [-0.15, -0.1) is 12.4 Å². The van der Waals surface area contributed by atoms with E-state index in [2.05, 4.69) is 10.6 Å². The summed E-state index contributed by atoms with van der Waals surface area (Å²) in [7, 11) is -3.54. The molecule has 27 heavy (non-hydrogen) atoms. The van der Waals surface area contributed by atoms with Crippen molar-refractivity contribution in [1.82, 2.24) is 5.32 Å². The van der Waals surface area contributed by atoms with E-state index in [4.69, 9.17) is 5.73 Å². The van der Waals surface area contributed by atoms with Gasteiger partial charge in [0.25, 0.3) is 0 Å². The first-order chi connectivity index (χ1) is 12.1. The van der Waals surface area contributed by atoms with Gasteiger partial charge in [0.1, 0.15) is 5.82 Å². The van der Waals surface area contributed by atoms with Crippen molar-refractivity contribution in [2.24, 2.45) is 11.7 Å². The number of rotatable bonds is 6. The number of halogens is 2. The number of nitrogens with two attached hydrogens (primary N) is 1. The monoisotopic (exact) mass is 422 g/mol. The highest BCUT2D eigenvalue weighted by molar-refractivity contribution is 7.93. The van der Waals surface area contributed by atoms with Gasteiger partial charge in [-0.2, -0.15) is 0 Å². The van der Waals surface area contributed by atoms with E-state index in [9.17, 15) is 22.4 Å². The quantitative estimate of drug-likeness (QED) is 0.626. The maximum atomic E-state index is 14.0. The molecular weight excluding hydrogens is 399 g/mol. The number of amides is 2. The number of sulfonamides is 1. The molecule has 1 aromatic rings. The van der Waals surface area contributed by atoms with Crippen LogP contribution in [0.25, 0.3) is 0 Å².